The molecule has 2 rings (SSSR count). The number of hydrogen-bond acceptors (Lipinski definition) is 4. The summed E-state index contributed by atoms with van der Waals surface area (Å²) in [6, 6.07) is 12.3. The van der Waals surface area contributed by atoms with Gasteiger partial charge in [-0.3, -0.25) is 9.10 Å². The van der Waals surface area contributed by atoms with E-state index in [1.807, 2.05) is 0 Å². The molecule has 9 heteroatoms. The van der Waals surface area contributed by atoms with Crippen molar-refractivity contribution in [3.8, 4) is 5.75 Å². The zero-order valence-corrected chi connectivity index (χ0v) is 17.9. The molecule has 0 saturated heterocycles. The van der Waals surface area contributed by atoms with Crippen molar-refractivity contribution < 1.29 is 17.9 Å². The first-order valence-electron chi connectivity index (χ1n) is 8.63. The van der Waals surface area contributed by atoms with Crippen LogP contribution in [0.15, 0.2) is 48.5 Å². The second kappa shape index (κ2) is 10.0. The van der Waals surface area contributed by atoms with Crippen LogP contribution in [-0.2, 0) is 14.8 Å². The normalized spacial score (nSPS) is 12.3. The van der Waals surface area contributed by atoms with Gasteiger partial charge in [0.25, 0.3) is 0 Å². The number of hydrogen-bond donors (Lipinski definition) is 1. The van der Waals surface area contributed by atoms with Crippen molar-refractivity contribution in [1.82, 2.24) is 5.32 Å². The van der Waals surface area contributed by atoms with Gasteiger partial charge in [-0.1, -0.05) is 30.1 Å². The van der Waals surface area contributed by atoms with Gasteiger partial charge in [-0.2, -0.15) is 0 Å². The van der Waals surface area contributed by atoms with Crippen molar-refractivity contribution in [3.63, 3.8) is 0 Å². The van der Waals surface area contributed by atoms with Crippen LogP contribution >= 0.6 is 23.2 Å². The molecule has 1 atom stereocenters. The van der Waals surface area contributed by atoms with Crippen molar-refractivity contribution >= 4 is 44.8 Å². The van der Waals surface area contributed by atoms with Gasteiger partial charge in [0, 0.05) is 10.0 Å². The molecule has 2 aromatic rings. The molecule has 0 radical (unpaired) electrons. The van der Waals surface area contributed by atoms with Crippen molar-refractivity contribution in [2.45, 2.75) is 19.4 Å². The second-order valence-corrected chi connectivity index (χ2v) is 8.78. The average molecular weight is 445 g/mol. The summed E-state index contributed by atoms with van der Waals surface area (Å²) in [6.07, 6.45) is 1.38. The zero-order valence-electron chi connectivity index (χ0n) is 15.6. The Hall–Kier alpha value is -1.96. The number of rotatable bonds is 9. The van der Waals surface area contributed by atoms with Crippen LogP contribution in [-0.4, -0.2) is 39.8 Å². The summed E-state index contributed by atoms with van der Waals surface area (Å²) in [6.45, 7) is 2.22. The number of carbonyl (C=O) groups excluding carboxylic acids is 1. The van der Waals surface area contributed by atoms with Crippen LogP contribution < -0.4 is 14.4 Å². The molecule has 0 aromatic heterocycles. The summed E-state index contributed by atoms with van der Waals surface area (Å²) in [5.74, 6) is 0.229. The fourth-order valence-electron chi connectivity index (χ4n) is 2.64. The molecule has 0 heterocycles. The Morgan fingerprint density at radius 2 is 1.61 bits per heavy atom. The molecule has 2 aromatic carbocycles. The molecule has 1 amide bonds. The van der Waals surface area contributed by atoms with Crippen LogP contribution in [0, 0.1) is 0 Å². The van der Waals surface area contributed by atoms with E-state index in [0.29, 0.717) is 27.9 Å². The van der Waals surface area contributed by atoms with E-state index in [2.05, 4.69) is 5.32 Å². The highest BCUT2D eigenvalue weighted by molar-refractivity contribution is 7.92. The van der Waals surface area contributed by atoms with E-state index < -0.39 is 22.0 Å². The number of carbonyl (C=O) groups is 1. The number of ether oxygens (including phenoxy) is 1. The maximum atomic E-state index is 12.6. The highest BCUT2D eigenvalue weighted by atomic mass is 35.5. The van der Waals surface area contributed by atoms with E-state index in [1.165, 1.54) is 0 Å². The summed E-state index contributed by atoms with van der Waals surface area (Å²) >= 11 is 11.7. The minimum Gasteiger partial charge on any atom is -0.492 e. The van der Waals surface area contributed by atoms with Gasteiger partial charge in [0.1, 0.15) is 18.4 Å². The number of amides is 1. The van der Waals surface area contributed by atoms with Crippen molar-refractivity contribution in [2.75, 3.05) is 23.7 Å². The lowest BCUT2D eigenvalue weighted by Gasteiger charge is -2.30. The van der Waals surface area contributed by atoms with Crippen LogP contribution in [0.25, 0.3) is 0 Å². The Morgan fingerprint density at radius 1 is 1.07 bits per heavy atom. The molecule has 0 unspecified atom stereocenters. The summed E-state index contributed by atoms with van der Waals surface area (Å²) in [7, 11) is -3.68. The Labute approximate surface area is 175 Å². The SMILES string of the molecule is CC[C@@H](C(=O)NCCOc1ccc(Cl)cc1)N(c1ccc(Cl)cc1)S(C)(=O)=O. The minimum absolute atomic E-state index is 0.232. The second-order valence-electron chi connectivity index (χ2n) is 6.05. The van der Waals surface area contributed by atoms with Crippen LogP contribution in [0.3, 0.4) is 0 Å². The number of nitrogens with zero attached hydrogens (tertiary/aromatic N) is 1. The predicted molar refractivity (Wildman–Crippen MR) is 113 cm³/mol. The van der Waals surface area contributed by atoms with Gasteiger partial charge in [0.15, 0.2) is 0 Å². The van der Waals surface area contributed by atoms with E-state index in [1.54, 1.807) is 55.5 Å². The number of nitrogens with one attached hydrogen (secondary N) is 1. The van der Waals surface area contributed by atoms with E-state index in [-0.39, 0.29) is 13.2 Å². The summed E-state index contributed by atoms with van der Waals surface area (Å²) < 4.78 is 31.3. The maximum absolute atomic E-state index is 12.6. The lowest BCUT2D eigenvalue weighted by Crippen LogP contribution is -2.50. The van der Waals surface area contributed by atoms with E-state index in [9.17, 15) is 13.2 Å². The monoisotopic (exact) mass is 444 g/mol. The predicted octanol–water partition coefficient (Wildman–Crippen LogP) is 3.73. The van der Waals surface area contributed by atoms with Gasteiger partial charge in [-0.05, 0) is 55.0 Å². The standard InChI is InChI=1S/C19H22Cl2N2O4S/c1-3-18(23(28(2,25)26)16-8-4-14(20)5-9-16)19(24)22-12-13-27-17-10-6-15(21)7-11-17/h4-11,18H,3,12-13H2,1-2H3,(H,22,24)/t18-/m0/s1. The third-order valence-corrected chi connectivity index (χ3v) is 5.58. The Balaban J connectivity index is 2.02. The van der Waals surface area contributed by atoms with Crippen LogP contribution in [0.1, 0.15) is 13.3 Å². The molecular weight excluding hydrogens is 423 g/mol. The molecule has 0 aliphatic rings. The smallest absolute Gasteiger partial charge is 0.244 e. The summed E-state index contributed by atoms with van der Waals surface area (Å²) in [5, 5.41) is 3.81. The molecule has 152 valence electrons. The molecule has 0 spiro atoms. The molecule has 0 bridgehead atoms. The quantitative estimate of drug-likeness (QED) is 0.597. The van der Waals surface area contributed by atoms with E-state index in [0.717, 1.165) is 10.6 Å². The Morgan fingerprint density at radius 3 is 2.11 bits per heavy atom. The van der Waals surface area contributed by atoms with Crippen molar-refractivity contribution in [3.05, 3.63) is 58.6 Å². The number of halogens is 2. The van der Waals surface area contributed by atoms with Gasteiger partial charge < -0.3 is 10.1 Å². The first kappa shape index (κ1) is 22.3. The first-order chi connectivity index (χ1) is 13.2. The molecular formula is C19H22Cl2N2O4S. The molecule has 0 saturated carbocycles. The zero-order chi connectivity index (χ0) is 20.7. The van der Waals surface area contributed by atoms with E-state index >= 15 is 0 Å². The fourth-order valence-corrected chi connectivity index (χ4v) is 4.10. The molecule has 6 nitrogen and oxygen atoms in total. The number of sulfonamides is 1. The molecule has 1 N–H and O–H groups in total. The largest absolute Gasteiger partial charge is 0.492 e. The molecule has 0 aliphatic carbocycles. The third kappa shape index (κ3) is 6.29. The molecule has 0 fully saturated rings. The molecule has 28 heavy (non-hydrogen) atoms. The van der Waals surface area contributed by atoms with Gasteiger partial charge in [0.2, 0.25) is 15.9 Å². The minimum atomic E-state index is -3.68. The Kier molecular flexibility index (Phi) is 7.98. The van der Waals surface area contributed by atoms with Crippen LogP contribution in [0.4, 0.5) is 5.69 Å². The van der Waals surface area contributed by atoms with Gasteiger partial charge in [-0.15, -0.1) is 0 Å². The van der Waals surface area contributed by atoms with Gasteiger partial charge in [0.05, 0.1) is 18.5 Å². The van der Waals surface area contributed by atoms with Crippen LogP contribution in [0.2, 0.25) is 10.0 Å². The number of benzene rings is 2. The number of anilines is 1. The molecule has 0 aliphatic heterocycles. The van der Waals surface area contributed by atoms with Gasteiger partial charge in [-0.25, -0.2) is 8.42 Å². The lowest BCUT2D eigenvalue weighted by molar-refractivity contribution is -0.122. The highest BCUT2D eigenvalue weighted by Crippen LogP contribution is 2.24. The first-order valence-corrected chi connectivity index (χ1v) is 11.2. The maximum Gasteiger partial charge on any atom is 0.244 e. The van der Waals surface area contributed by atoms with Gasteiger partial charge >= 0.3 is 0 Å². The van der Waals surface area contributed by atoms with Crippen molar-refractivity contribution in [2.24, 2.45) is 0 Å². The van der Waals surface area contributed by atoms with Crippen LogP contribution in [0.5, 0.6) is 5.75 Å². The average Bonchev–Trinajstić information content (AvgIpc) is 2.64. The summed E-state index contributed by atoms with van der Waals surface area (Å²) in [5.41, 5.74) is 0.381. The fraction of sp³-hybridized carbons (Fsp3) is 0.316. The Bertz CT molecular complexity index is 887. The highest BCUT2D eigenvalue weighted by Gasteiger charge is 2.31. The summed E-state index contributed by atoms with van der Waals surface area (Å²) in [4.78, 5) is 12.6. The lowest BCUT2D eigenvalue weighted by atomic mass is 10.2. The van der Waals surface area contributed by atoms with Crippen molar-refractivity contribution in [1.29, 1.82) is 0 Å². The third-order valence-electron chi connectivity index (χ3n) is 3.89. The topological polar surface area (TPSA) is 75.7 Å². The van der Waals surface area contributed by atoms with E-state index in [4.69, 9.17) is 27.9 Å².